The SMILES string of the molecule is O=C(O)C1(c2cc3c(cc2Cl)OCC2(CC2)CO3)CCC1. The van der Waals surface area contributed by atoms with Gasteiger partial charge < -0.3 is 14.6 Å². The van der Waals surface area contributed by atoms with Crippen LogP contribution in [0.1, 0.15) is 37.7 Å². The molecule has 4 rings (SSSR count). The van der Waals surface area contributed by atoms with Crippen molar-refractivity contribution in [3.8, 4) is 11.5 Å². The van der Waals surface area contributed by atoms with Crippen molar-refractivity contribution in [1.82, 2.24) is 0 Å². The summed E-state index contributed by atoms with van der Waals surface area (Å²) in [4.78, 5) is 11.7. The second-order valence-electron chi connectivity index (χ2n) is 6.60. The number of hydrogen-bond donors (Lipinski definition) is 1. The van der Waals surface area contributed by atoms with Crippen LogP contribution in [0.5, 0.6) is 11.5 Å². The molecule has 1 heterocycles. The maximum Gasteiger partial charge on any atom is 0.314 e. The highest BCUT2D eigenvalue weighted by Crippen LogP contribution is 2.52. The number of halogens is 1. The summed E-state index contributed by atoms with van der Waals surface area (Å²) >= 11 is 6.34. The van der Waals surface area contributed by atoms with Crippen LogP contribution in [-0.4, -0.2) is 24.3 Å². The molecule has 1 N–H and O–H groups in total. The van der Waals surface area contributed by atoms with Gasteiger partial charge in [-0.2, -0.15) is 0 Å². The molecule has 2 saturated carbocycles. The fourth-order valence-corrected chi connectivity index (χ4v) is 3.56. The molecule has 1 aromatic carbocycles. The largest absolute Gasteiger partial charge is 0.489 e. The highest BCUT2D eigenvalue weighted by Gasteiger charge is 2.49. The van der Waals surface area contributed by atoms with Crippen LogP contribution < -0.4 is 9.47 Å². The van der Waals surface area contributed by atoms with Crippen molar-refractivity contribution < 1.29 is 19.4 Å². The number of ether oxygens (including phenoxy) is 2. The van der Waals surface area contributed by atoms with Gasteiger partial charge in [0.25, 0.3) is 0 Å². The first-order valence-electron chi connectivity index (χ1n) is 7.38. The average Bonchev–Trinajstić information content (AvgIpc) is 3.17. The molecule has 0 radical (unpaired) electrons. The fourth-order valence-electron chi connectivity index (χ4n) is 3.23. The zero-order valence-corrected chi connectivity index (χ0v) is 12.4. The zero-order valence-electron chi connectivity index (χ0n) is 11.7. The molecule has 1 aromatic rings. The van der Waals surface area contributed by atoms with Gasteiger partial charge in [0.2, 0.25) is 0 Å². The predicted molar refractivity (Wildman–Crippen MR) is 77.3 cm³/mol. The lowest BCUT2D eigenvalue weighted by Gasteiger charge is -2.38. The number of carboxylic acid groups (broad SMARTS) is 1. The van der Waals surface area contributed by atoms with Crippen LogP contribution in [0.15, 0.2) is 12.1 Å². The van der Waals surface area contributed by atoms with Crippen LogP contribution in [0.4, 0.5) is 0 Å². The summed E-state index contributed by atoms with van der Waals surface area (Å²) in [5.74, 6) is 0.460. The van der Waals surface area contributed by atoms with Crippen molar-refractivity contribution in [3.05, 3.63) is 22.7 Å². The minimum Gasteiger partial charge on any atom is -0.489 e. The van der Waals surface area contributed by atoms with Crippen LogP contribution >= 0.6 is 11.6 Å². The Balaban J connectivity index is 1.74. The van der Waals surface area contributed by atoms with Gasteiger partial charge in [-0.1, -0.05) is 18.0 Å². The average molecular weight is 309 g/mol. The van der Waals surface area contributed by atoms with Crippen molar-refractivity contribution in [2.45, 2.75) is 37.5 Å². The van der Waals surface area contributed by atoms with Crippen LogP contribution in [0.25, 0.3) is 0 Å². The Hall–Kier alpha value is -1.42. The third kappa shape index (κ3) is 1.92. The van der Waals surface area contributed by atoms with E-state index in [0.29, 0.717) is 48.1 Å². The van der Waals surface area contributed by atoms with Crippen molar-refractivity contribution >= 4 is 17.6 Å². The summed E-state index contributed by atoms with van der Waals surface area (Å²) in [5.41, 5.74) is -0.0249. The molecule has 1 aliphatic heterocycles. The summed E-state index contributed by atoms with van der Waals surface area (Å²) < 4.78 is 11.7. The van der Waals surface area contributed by atoms with Gasteiger partial charge in [-0.05, 0) is 37.3 Å². The molecule has 0 unspecified atom stereocenters. The zero-order chi connectivity index (χ0) is 14.7. The van der Waals surface area contributed by atoms with E-state index in [0.717, 1.165) is 19.3 Å². The number of fused-ring (bicyclic) bond motifs is 1. The van der Waals surface area contributed by atoms with Gasteiger partial charge in [0, 0.05) is 16.5 Å². The van der Waals surface area contributed by atoms with Crippen LogP contribution in [-0.2, 0) is 10.2 Å². The summed E-state index contributed by atoms with van der Waals surface area (Å²) in [6.07, 6.45) is 4.43. The smallest absolute Gasteiger partial charge is 0.314 e. The van der Waals surface area contributed by atoms with Crippen LogP contribution in [0.3, 0.4) is 0 Å². The van der Waals surface area contributed by atoms with E-state index in [1.807, 2.05) is 0 Å². The van der Waals surface area contributed by atoms with E-state index in [2.05, 4.69) is 0 Å². The minimum absolute atomic E-state index is 0.159. The second-order valence-corrected chi connectivity index (χ2v) is 7.00. The molecule has 3 aliphatic rings. The molecule has 0 saturated heterocycles. The van der Waals surface area contributed by atoms with Crippen LogP contribution in [0, 0.1) is 5.41 Å². The topological polar surface area (TPSA) is 55.8 Å². The molecule has 4 nitrogen and oxygen atoms in total. The lowest BCUT2D eigenvalue weighted by molar-refractivity contribution is -0.147. The molecule has 0 amide bonds. The Morgan fingerprint density at radius 1 is 1.10 bits per heavy atom. The standard InChI is InChI=1S/C16H17ClO4/c17-11-7-13-12(20-8-15(4-5-15)9-21-13)6-10(11)16(14(18)19)2-1-3-16/h6-7H,1-5,8-9H2,(H,18,19). The Morgan fingerprint density at radius 2 is 1.71 bits per heavy atom. The van der Waals surface area contributed by atoms with E-state index in [-0.39, 0.29) is 5.41 Å². The lowest BCUT2D eigenvalue weighted by Crippen LogP contribution is -2.42. The molecule has 1 spiro atoms. The quantitative estimate of drug-likeness (QED) is 0.910. The van der Waals surface area contributed by atoms with Crippen molar-refractivity contribution in [1.29, 1.82) is 0 Å². The summed E-state index contributed by atoms with van der Waals surface area (Å²) in [6.45, 7) is 1.29. The Kier molecular flexibility index (Phi) is 2.71. The van der Waals surface area contributed by atoms with E-state index in [4.69, 9.17) is 21.1 Å². The maximum atomic E-state index is 11.7. The van der Waals surface area contributed by atoms with E-state index in [1.54, 1.807) is 12.1 Å². The monoisotopic (exact) mass is 308 g/mol. The molecule has 5 heteroatoms. The van der Waals surface area contributed by atoms with Gasteiger partial charge in [0.05, 0.1) is 18.6 Å². The van der Waals surface area contributed by atoms with Gasteiger partial charge in [-0.3, -0.25) is 4.79 Å². The molecule has 0 aromatic heterocycles. The van der Waals surface area contributed by atoms with Gasteiger partial charge in [0.15, 0.2) is 11.5 Å². The first-order chi connectivity index (χ1) is 10.0. The van der Waals surface area contributed by atoms with Crippen molar-refractivity contribution in [3.63, 3.8) is 0 Å². The molecular formula is C16H17ClO4. The van der Waals surface area contributed by atoms with Gasteiger partial charge in [-0.15, -0.1) is 0 Å². The number of benzene rings is 1. The molecule has 21 heavy (non-hydrogen) atoms. The van der Waals surface area contributed by atoms with Crippen molar-refractivity contribution in [2.24, 2.45) is 5.41 Å². The normalized spacial score (nSPS) is 24.0. The fraction of sp³-hybridized carbons (Fsp3) is 0.562. The van der Waals surface area contributed by atoms with E-state index in [1.165, 1.54) is 0 Å². The highest BCUT2D eigenvalue weighted by molar-refractivity contribution is 6.32. The number of rotatable bonds is 2. The molecule has 112 valence electrons. The predicted octanol–water partition coefficient (Wildman–Crippen LogP) is 3.40. The minimum atomic E-state index is -0.848. The number of hydrogen-bond acceptors (Lipinski definition) is 3. The number of aliphatic carboxylic acids is 1. The maximum absolute atomic E-state index is 11.7. The molecule has 2 fully saturated rings. The van der Waals surface area contributed by atoms with Gasteiger partial charge in [0.1, 0.15) is 0 Å². The lowest BCUT2D eigenvalue weighted by atomic mass is 9.64. The third-order valence-electron chi connectivity index (χ3n) is 5.19. The van der Waals surface area contributed by atoms with Gasteiger partial charge >= 0.3 is 5.97 Å². The molecule has 2 aliphatic carbocycles. The molecular weight excluding hydrogens is 292 g/mol. The Labute approximate surface area is 128 Å². The van der Waals surface area contributed by atoms with Crippen LogP contribution in [0.2, 0.25) is 5.02 Å². The molecule has 0 atom stereocenters. The van der Waals surface area contributed by atoms with E-state index < -0.39 is 11.4 Å². The van der Waals surface area contributed by atoms with Crippen molar-refractivity contribution in [2.75, 3.05) is 13.2 Å². The highest BCUT2D eigenvalue weighted by atomic mass is 35.5. The summed E-state index contributed by atoms with van der Waals surface area (Å²) in [5, 5.41) is 10.0. The number of carbonyl (C=O) groups is 1. The molecule has 0 bridgehead atoms. The Morgan fingerprint density at radius 3 is 2.19 bits per heavy atom. The Bertz CT molecular complexity index is 617. The third-order valence-corrected chi connectivity index (χ3v) is 5.50. The van der Waals surface area contributed by atoms with E-state index in [9.17, 15) is 9.90 Å². The summed E-state index contributed by atoms with van der Waals surface area (Å²) in [7, 11) is 0. The first kappa shape index (κ1) is 13.3. The summed E-state index contributed by atoms with van der Waals surface area (Å²) in [6, 6.07) is 3.50. The van der Waals surface area contributed by atoms with Gasteiger partial charge in [-0.25, -0.2) is 0 Å². The second kappa shape index (κ2) is 4.29. The van der Waals surface area contributed by atoms with E-state index >= 15 is 0 Å². The number of carboxylic acids is 1. The first-order valence-corrected chi connectivity index (χ1v) is 7.76.